The van der Waals surface area contributed by atoms with E-state index < -0.39 is 5.97 Å². The smallest absolute Gasteiger partial charge is 0.356 e. The van der Waals surface area contributed by atoms with Crippen molar-refractivity contribution < 1.29 is 14.7 Å². The number of hydrogen-bond donors (Lipinski definition) is 2. The number of carboxylic acid groups (broad SMARTS) is 1. The van der Waals surface area contributed by atoms with Crippen molar-refractivity contribution in [2.45, 2.75) is 6.42 Å². The van der Waals surface area contributed by atoms with Crippen LogP contribution in [-0.4, -0.2) is 39.2 Å². The van der Waals surface area contributed by atoms with Gasteiger partial charge in [-0.15, -0.1) is 0 Å². The van der Waals surface area contributed by atoms with E-state index in [-0.39, 0.29) is 17.5 Å². The molecule has 1 saturated heterocycles. The molecule has 0 aromatic carbocycles. The number of carbonyl (C=O) groups excluding carboxylic acids is 1. The predicted octanol–water partition coefficient (Wildman–Crippen LogP) is 0.458. The van der Waals surface area contributed by atoms with E-state index in [2.05, 4.69) is 22.6 Å². The van der Waals surface area contributed by atoms with Crippen molar-refractivity contribution >= 4 is 30.3 Å². The average Bonchev–Trinajstić information content (AvgIpc) is 2.71. The van der Waals surface area contributed by atoms with Crippen LogP contribution in [0.2, 0.25) is 0 Å². The van der Waals surface area contributed by atoms with Crippen LogP contribution in [0.25, 0.3) is 0 Å². The van der Waals surface area contributed by atoms with Gasteiger partial charge >= 0.3 is 5.97 Å². The molecule has 0 spiro atoms. The lowest BCUT2D eigenvalue weighted by molar-refractivity contribution is -0.117. The largest absolute Gasteiger partial charge is 0.476 e. The lowest BCUT2D eigenvalue weighted by atomic mass is 10.1. The van der Waals surface area contributed by atoms with Gasteiger partial charge in [0.25, 0.3) is 0 Å². The number of anilines is 1. The van der Waals surface area contributed by atoms with Crippen LogP contribution in [0.3, 0.4) is 0 Å². The minimum Gasteiger partial charge on any atom is -0.476 e. The van der Waals surface area contributed by atoms with E-state index in [9.17, 15) is 9.59 Å². The first kappa shape index (κ1) is 11.8. The van der Waals surface area contributed by atoms with Gasteiger partial charge in [-0.05, 0) is 11.7 Å². The molecule has 0 saturated carbocycles. The molecule has 1 atom stereocenters. The maximum Gasteiger partial charge on any atom is 0.356 e. The van der Waals surface area contributed by atoms with Crippen LogP contribution >= 0.6 is 12.6 Å². The first-order valence-corrected chi connectivity index (χ1v) is 5.71. The SMILES string of the molecule is O=C(O)c1cnc(N2CC(CS)CC2=O)cn1. The second kappa shape index (κ2) is 4.70. The Labute approximate surface area is 103 Å². The van der Waals surface area contributed by atoms with Gasteiger partial charge in [0, 0.05) is 13.0 Å². The highest BCUT2D eigenvalue weighted by Crippen LogP contribution is 2.23. The molecule has 90 valence electrons. The third-order valence-electron chi connectivity index (χ3n) is 2.60. The van der Waals surface area contributed by atoms with Gasteiger partial charge in [0.05, 0.1) is 12.4 Å². The van der Waals surface area contributed by atoms with Crippen LogP contribution in [0.1, 0.15) is 16.9 Å². The molecule has 1 amide bonds. The molecule has 0 aliphatic carbocycles. The zero-order chi connectivity index (χ0) is 12.4. The van der Waals surface area contributed by atoms with Gasteiger partial charge in [-0.3, -0.25) is 9.69 Å². The molecule has 1 aliphatic rings. The summed E-state index contributed by atoms with van der Waals surface area (Å²) in [6.07, 6.45) is 2.91. The normalized spacial score (nSPS) is 19.7. The fraction of sp³-hybridized carbons (Fsp3) is 0.400. The Hall–Kier alpha value is -1.63. The van der Waals surface area contributed by atoms with Crippen LogP contribution < -0.4 is 4.90 Å². The molecule has 1 fully saturated rings. The third-order valence-corrected chi connectivity index (χ3v) is 3.11. The number of nitrogens with zero attached hydrogens (tertiary/aromatic N) is 3. The van der Waals surface area contributed by atoms with E-state index in [1.54, 1.807) is 0 Å². The Bertz CT molecular complexity index is 449. The predicted molar refractivity (Wildman–Crippen MR) is 63.3 cm³/mol. The van der Waals surface area contributed by atoms with Gasteiger partial charge in [-0.1, -0.05) is 0 Å². The Kier molecular flexibility index (Phi) is 3.28. The molecule has 6 nitrogen and oxygen atoms in total. The quantitative estimate of drug-likeness (QED) is 0.764. The van der Waals surface area contributed by atoms with Crippen LogP contribution in [0.4, 0.5) is 5.82 Å². The highest BCUT2D eigenvalue weighted by Gasteiger charge is 2.30. The molecule has 0 bridgehead atoms. The number of rotatable bonds is 3. The second-order valence-corrected chi connectivity index (χ2v) is 4.19. The summed E-state index contributed by atoms with van der Waals surface area (Å²) in [5.74, 6) is 0.0885. The molecule has 1 aromatic rings. The summed E-state index contributed by atoms with van der Waals surface area (Å²) in [6, 6.07) is 0. The number of carboxylic acids is 1. The van der Waals surface area contributed by atoms with Crippen molar-refractivity contribution in [3.63, 3.8) is 0 Å². The summed E-state index contributed by atoms with van der Waals surface area (Å²) < 4.78 is 0. The third kappa shape index (κ3) is 2.38. The molecule has 1 aromatic heterocycles. The Morgan fingerprint density at radius 1 is 1.53 bits per heavy atom. The number of amides is 1. The van der Waals surface area contributed by atoms with Crippen LogP contribution in [0.15, 0.2) is 12.4 Å². The summed E-state index contributed by atoms with van der Waals surface area (Å²) >= 11 is 4.16. The molecule has 1 unspecified atom stereocenters. The van der Waals surface area contributed by atoms with E-state index in [0.29, 0.717) is 24.5 Å². The van der Waals surface area contributed by atoms with Gasteiger partial charge in [0.2, 0.25) is 5.91 Å². The molecule has 2 heterocycles. The molecule has 2 rings (SSSR count). The van der Waals surface area contributed by atoms with E-state index in [1.165, 1.54) is 11.1 Å². The summed E-state index contributed by atoms with van der Waals surface area (Å²) in [7, 11) is 0. The Morgan fingerprint density at radius 2 is 2.29 bits per heavy atom. The topological polar surface area (TPSA) is 83.4 Å². The highest BCUT2D eigenvalue weighted by atomic mass is 32.1. The fourth-order valence-electron chi connectivity index (χ4n) is 1.70. The zero-order valence-corrected chi connectivity index (χ0v) is 9.80. The Balaban J connectivity index is 2.18. The highest BCUT2D eigenvalue weighted by molar-refractivity contribution is 7.80. The molecule has 7 heteroatoms. The Morgan fingerprint density at radius 3 is 2.76 bits per heavy atom. The molecule has 1 N–H and O–H groups in total. The monoisotopic (exact) mass is 253 g/mol. The lowest BCUT2D eigenvalue weighted by Crippen LogP contribution is -2.26. The van der Waals surface area contributed by atoms with Gasteiger partial charge in [0.1, 0.15) is 0 Å². The van der Waals surface area contributed by atoms with Gasteiger partial charge < -0.3 is 5.11 Å². The molecule has 17 heavy (non-hydrogen) atoms. The van der Waals surface area contributed by atoms with Crippen LogP contribution in [-0.2, 0) is 4.79 Å². The van der Waals surface area contributed by atoms with E-state index in [0.717, 1.165) is 6.20 Å². The van der Waals surface area contributed by atoms with E-state index >= 15 is 0 Å². The molecule has 0 radical (unpaired) electrons. The van der Waals surface area contributed by atoms with Crippen molar-refractivity contribution in [2.75, 3.05) is 17.2 Å². The summed E-state index contributed by atoms with van der Waals surface area (Å²) in [5, 5.41) is 8.68. The molecular formula is C10H11N3O3S. The van der Waals surface area contributed by atoms with Gasteiger partial charge in [-0.25, -0.2) is 14.8 Å². The number of aromatic nitrogens is 2. The maximum atomic E-state index is 11.7. The van der Waals surface area contributed by atoms with Gasteiger partial charge in [-0.2, -0.15) is 12.6 Å². The van der Waals surface area contributed by atoms with Crippen molar-refractivity contribution in [3.05, 3.63) is 18.1 Å². The standard InChI is InChI=1S/C10H11N3O3S/c14-9-1-6(5-17)4-13(9)8-3-11-7(2-12-8)10(15)16/h2-3,6,17H,1,4-5H2,(H,15,16). The molecular weight excluding hydrogens is 242 g/mol. The summed E-state index contributed by atoms with van der Waals surface area (Å²) in [4.78, 5) is 31.5. The minimum atomic E-state index is -1.13. The summed E-state index contributed by atoms with van der Waals surface area (Å²) in [6.45, 7) is 0.559. The number of aromatic carboxylic acids is 1. The minimum absolute atomic E-state index is 0.0265. The second-order valence-electron chi connectivity index (χ2n) is 3.82. The maximum absolute atomic E-state index is 11.7. The first-order chi connectivity index (χ1) is 8.11. The average molecular weight is 253 g/mol. The van der Waals surface area contributed by atoms with Gasteiger partial charge in [0.15, 0.2) is 11.5 Å². The van der Waals surface area contributed by atoms with Crippen molar-refractivity contribution in [2.24, 2.45) is 5.92 Å². The molecule has 1 aliphatic heterocycles. The number of thiol groups is 1. The summed E-state index contributed by atoms with van der Waals surface area (Å²) in [5.41, 5.74) is -0.133. The van der Waals surface area contributed by atoms with Crippen LogP contribution in [0, 0.1) is 5.92 Å². The van der Waals surface area contributed by atoms with E-state index in [4.69, 9.17) is 5.11 Å². The van der Waals surface area contributed by atoms with Crippen molar-refractivity contribution in [1.29, 1.82) is 0 Å². The van der Waals surface area contributed by atoms with Crippen molar-refractivity contribution in [3.8, 4) is 0 Å². The van der Waals surface area contributed by atoms with Crippen molar-refractivity contribution in [1.82, 2.24) is 9.97 Å². The first-order valence-electron chi connectivity index (χ1n) is 5.08. The van der Waals surface area contributed by atoms with Crippen LogP contribution in [0.5, 0.6) is 0 Å². The fourth-order valence-corrected chi connectivity index (χ4v) is 1.94. The number of carbonyl (C=O) groups is 2. The lowest BCUT2D eigenvalue weighted by Gasteiger charge is -2.14. The number of hydrogen-bond acceptors (Lipinski definition) is 5. The zero-order valence-electron chi connectivity index (χ0n) is 8.91. The van der Waals surface area contributed by atoms with E-state index in [1.807, 2.05) is 0 Å².